The van der Waals surface area contributed by atoms with Gasteiger partial charge in [-0.3, -0.25) is 9.89 Å². The van der Waals surface area contributed by atoms with Gasteiger partial charge in [0, 0.05) is 22.6 Å². The number of methoxy groups -OCH3 is 1. The Balaban J connectivity index is 1.21. The molecular formula is C26H22N4O4. The predicted octanol–water partition coefficient (Wildman–Crippen LogP) is 4.12. The Morgan fingerprint density at radius 3 is 3.00 bits per heavy atom. The van der Waals surface area contributed by atoms with Crippen LogP contribution in [0.4, 0.5) is 17.2 Å². The molecule has 1 aromatic heterocycles. The first-order valence-electron chi connectivity index (χ1n) is 11.3. The summed E-state index contributed by atoms with van der Waals surface area (Å²) in [5, 5.41) is 25.0. The first-order chi connectivity index (χ1) is 16.6. The molecule has 7 rings (SSSR count). The van der Waals surface area contributed by atoms with Gasteiger partial charge in [-0.15, -0.1) is 0 Å². The van der Waals surface area contributed by atoms with Gasteiger partial charge in [-0.25, -0.2) is 0 Å². The first kappa shape index (κ1) is 19.4. The zero-order valence-corrected chi connectivity index (χ0v) is 18.4. The summed E-state index contributed by atoms with van der Waals surface area (Å²) in [6.07, 6.45) is 0.151. The molecule has 8 heteroatoms. The summed E-state index contributed by atoms with van der Waals surface area (Å²) in [5.41, 5.74) is 4.86. The van der Waals surface area contributed by atoms with Gasteiger partial charge >= 0.3 is 0 Å². The van der Waals surface area contributed by atoms with E-state index in [2.05, 4.69) is 33.0 Å². The third-order valence-corrected chi connectivity index (χ3v) is 7.35. The van der Waals surface area contributed by atoms with E-state index in [0.717, 1.165) is 51.1 Å². The van der Waals surface area contributed by atoms with Crippen LogP contribution < -0.4 is 20.1 Å². The minimum Gasteiger partial charge on any atom is -0.497 e. The Hall–Kier alpha value is -4.04. The van der Waals surface area contributed by atoms with Gasteiger partial charge < -0.3 is 25.2 Å². The van der Waals surface area contributed by atoms with E-state index in [1.807, 2.05) is 42.5 Å². The maximum atomic E-state index is 13.0. The van der Waals surface area contributed by atoms with Crippen LogP contribution in [0.25, 0.3) is 10.9 Å². The van der Waals surface area contributed by atoms with Crippen LogP contribution in [0.15, 0.2) is 54.6 Å². The van der Waals surface area contributed by atoms with E-state index >= 15 is 0 Å². The SMILES string of the molecule is COc1ccc2c(c1)C1(CC1c1ccc3c(Nc4cccc5c4OC[C@H]5O)n[nH]c3c1)C(=O)N2. The quantitative estimate of drug-likeness (QED) is 0.370. The Morgan fingerprint density at radius 1 is 1.21 bits per heavy atom. The molecule has 1 aliphatic carbocycles. The van der Waals surface area contributed by atoms with E-state index in [1.54, 1.807) is 7.11 Å². The topological polar surface area (TPSA) is 108 Å². The van der Waals surface area contributed by atoms with Gasteiger partial charge in [0.05, 0.1) is 23.7 Å². The molecule has 4 aromatic rings. The number of rotatable bonds is 4. The van der Waals surface area contributed by atoms with Crippen molar-refractivity contribution in [3.8, 4) is 11.5 Å². The molecule has 1 fully saturated rings. The molecule has 0 bridgehead atoms. The van der Waals surface area contributed by atoms with Gasteiger partial charge in [0.1, 0.15) is 24.2 Å². The lowest BCUT2D eigenvalue weighted by Gasteiger charge is -2.11. The number of aliphatic hydroxyl groups is 1. The summed E-state index contributed by atoms with van der Waals surface area (Å²) >= 11 is 0. The number of hydrogen-bond donors (Lipinski definition) is 4. The Kier molecular flexibility index (Phi) is 3.85. The average molecular weight is 454 g/mol. The molecule has 4 N–H and O–H groups in total. The van der Waals surface area contributed by atoms with Gasteiger partial charge in [-0.1, -0.05) is 18.2 Å². The number of ether oxygens (including phenoxy) is 2. The van der Waals surface area contributed by atoms with Crippen LogP contribution in [-0.4, -0.2) is 34.9 Å². The van der Waals surface area contributed by atoms with E-state index < -0.39 is 11.5 Å². The van der Waals surface area contributed by atoms with Crippen molar-refractivity contribution < 1.29 is 19.4 Å². The van der Waals surface area contributed by atoms with E-state index in [4.69, 9.17) is 9.47 Å². The number of aromatic nitrogens is 2. The van der Waals surface area contributed by atoms with Gasteiger partial charge in [-0.2, -0.15) is 5.10 Å². The number of aromatic amines is 1. The third-order valence-electron chi connectivity index (χ3n) is 7.35. The van der Waals surface area contributed by atoms with Gasteiger partial charge in [0.2, 0.25) is 5.91 Å². The fourth-order valence-electron chi connectivity index (χ4n) is 5.50. The van der Waals surface area contributed by atoms with Crippen molar-refractivity contribution in [3.63, 3.8) is 0 Å². The molecule has 0 radical (unpaired) electrons. The normalized spacial score (nSPS) is 24.0. The van der Waals surface area contributed by atoms with Crippen LogP contribution in [0.3, 0.4) is 0 Å². The molecule has 3 heterocycles. The van der Waals surface area contributed by atoms with Gasteiger partial charge in [0.15, 0.2) is 5.82 Å². The molecule has 3 atom stereocenters. The number of fused-ring (bicyclic) bond motifs is 4. The monoisotopic (exact) mass is 454 g/mol. The van der Waals surface area contributed by atoms with Gasteiger partial charge in [0.25, 0.3) is 0 Å². The van der Waals surface area contributed by atoms with Crippen LogP contribution in [0.2, 0.25) is 0 Å². The summed E-state index contributed by atoms with van der Waals surface area (Å²) < 4.78 is 11.1. The fourth-order valence-corrected chi connectivity index (χ4v) is 5.50. The number of para-hydroxylation sites is 1. The molecule has 1 amide bonds. The summed E-state index contributed by atoms with van der Waals surface area (Å²) in [6.45, 7) is 0.254. The number of H-pyrrole nitrogens is 1. The molecule has 1 spiro atoms. The number of nitrogens with one attached hydrogen (secondary N) is 3. The highest BCUT2D eigenvalue weighted by atomic mass is 16.5. The van der Waals surface area contributed by atoms with Crippen molar-refractivity contribution in [2.45, 2.75) is 23.9 Å². The van der Waals surface area contributed by atoms with Crippen molar-refractivity contribution in [3.05, 3.63) is 71.3 Å². The summed E-state index contributed by atoms with van der Waals surface area (Å²) in [5.74, 6) is 2.23. The number of amides is 1. The lowest BCUT2D eigenvalue weighted by atomic mass is 9.91. The fraction of sp³-hybridized carbons (Fsp3) is 0.231. The molecule has 8 nitrogen and oxygen atoms in total. The molecule has 2 unspecified atom stereocenters. The standard InChI is InChI=1S/C26H22N4O4/c1-33-14-6-8-19-17(10-14)26(25(32)28-19)11-18(26)13-5-7-15-21(9-13)29-30-24(15)27-20-4-2-3-16-22(31)12-34-23(16)20/h2-10,18,22,31H,11-12H2,1H3,(H,28,32)(H2,27,29,30)/t18?,22-,26?/m1/s1. The number of benzene rings is 3. The minimum atomic E-state index is -0.612. The molecule has 2 aliphatic heterocycles. The molecule has 0 saturated heterocycles. The van der Waals surface area contributed by atoms with Crippen LogP contribution in [-0.2, 0) is 10.2 Å². The Labute approximate surface area is 194 Å². The summed E-state index contributed by atoms with van der Waals surface area (Å²) in [7, 11) is 1.64. The van der Waals surface area contributed by atoms with Crippen LogP contribution >= 0.6 is 0 Å². The Morgan fingerprint density at radius 2 is 2.12 bits per heavy atom. The van der Waals surface area contributed by atoms with Crippen LogP contribution in [0.1, 0.15) is 35.1 Å². The first-order valence-corrected chi connectivity index (χ1v) is 11.3. The number of aliphatic hydroxyl groups excluding tert-OH is 1. The Bertz CT molecular complexity index is 1500. The molecule has 1 saturated carbocycles. The zero-order chi connectivity index (χ0) is 23.0. The number of carbonyl (C=O) groups is 1. The lowest BCUT2D eigenvalue weighted by Crippen LogP contribution is -2.21. The van der Waals surface area contributed by atoms with Crippen molar-refractivity contribution >= 4 is 34.0 Å². The second kappa shape index (κ2) is 6.74. The second-order valence-electron chi connectivity index (χ2n) is 9.15. The van der Waals surface area contributed by atoms with Gasteiger partial charge in [-0.05, 0) is 53.9 Å². The maximum Gasteiger partial charge on any atom is 0.235 e. The number of carbonyl (C=O) groups excluding carboxylic acids is 1. The largest absolute Gasteiger partial charge is 0.497 e. The molecule has 170 valence electrons. The predicted molar refractivity (Wildman–Crippen MR) is 127 cm³/mol. The van der Waals surface area contributed by atoms with Crippen LogP contribution in [0, 0.1) is 0 Å². The van der Waals surface area contributed by atoms with Crippen molar-refractivity contribution in [2.24, 2.45) is 0 Å². The van der Waals surface area contributed by atoms with E-state index in [-0.39, 0.29) is 18.4 Å². The highest BCUT2D eigenvalue weighted by Crippen LogP contribution is 2.65. The lowest BCUT2D eigenvalue weighted by molar-refractivity contribution is -0.118. The molecular weight excluding hydrogens is 432 g/mol. The highest BCUT2D eigenvalue weighted by Gasteiger charge is 2.65. The number of nitrogens with zero attached hydrogens (tertiary/aromatic N) is 1. The van der Waals surface area contributed by atoms with E-state index in [0.29, 0.717) is 11.6 Å². The van der Waals surface area contributed by atoms with Crippen molar-refractivity contribution in [1.29, 1.82) is 0 Å². The number of anilines is 3. The number of hydrogen-bond acceptors (Lipinski definition) is 6. The molecule has 3 aliphatic rings. The minimum absolute atomic E-state index is 0.0490. The van der Waals surface area contributed by atoms with Crippen LogP contribution in [0.5, 0.6) is 11.5 Å². The second-order valence-corrected chi connectivity index (χ2v) is 9.15. The average Bonchev–Trinajstić information content (AvgIpc) is 3.18. The smallest absolute Gasteiger partial charge is 0.235 e. The highest BCUT2D eigenvalue weighted by molar-refractivity contribution is 6.10. The summed E-state index contributed by atoms with van der Waals surface area (Å²) in [6, 6.07) is 17.6. The third kappa shape index (κ3) is 2.57. The van der Waals surface area contributed by atoms with Crippen molar-refractivity contribution in [1.82, 2.24) is 10.2 Å². The molecule has 34 heavy (non-hydrogen) atoms. The van der Waals surface area contributed by atoms with Crippen molar-refractivity contribution in [2.75, 3.05) is 24.4 Å². The molecule has 3 aromatic carbocycles. The summed E-state index contributed by atoms with van der Waals surface area (Å²) in [4.78, 5) is 13.0. The van der Waals surface area contributed by atoms with E-state index in [9.17, 15) is 9.90 Å². The van der Waals surface area contributed by atoms with E-state index in [1.165, 1.54) is 0 Å². The maximum absolute atomic E-state index is 13.0. The zero-order valence-electron chi connectivity index (χ0n) is 18.4.